The molecule has 1 heterocycles. The Morgan fingerprint density at radius 1 is 1.35 bits per heavy atom. The first-order valence-corrected chi connectivity index (χ1v) is 6.31. The topological polar surface area (TPSA) is 43.4 Å². The molecule has 0 aliphatic carbocycles. The normalized spacial score (nSPS) is 13.4. The van der Waals surface area contributed by atoms with Crippen molar-refractivity contribution in [3.63, 3.8) is 0 Å². The Morgan fingerprint density at radius 3 is 2.70 bits per heavy atom. The van der Waals surface area contributed by atoms with Gasteiger partial charge < -0.3 is 14.8 Å². The average molecular weight is 292 g/mol. The standard InChI is InChI=1S/C13H19F3N2O2/c1-3-18-12(9-20-7-6-19-2)10-8-17-5-4-11(10)13(14,15)16/h4-5,8,12,18H,3,6-7,9H2,1-2H3. The highest BCUT2D eigenvalue weighted by Gasteiger charge is 2.35. The molecule has 0 spiro atoms. The van der Waals surface area contributed by atoms with Crippen molar-refractivity contribution in [2.24, 2.45) is 0 Å². The molecule has 0 aliphatic heterocycles. The Labute approximate surface area is 116 Å². The lowest BCUT2D eigenvalue weighted by molar-refractivity contribution is -0.138. The molecule has 0 radical (unpaired) electrons. The molecule has 0 saturated carbocycles. The highest BCUT2D eigenvalue weighted by Crippen LogP contribution is 2.34. The second-order valence-electron chi connectivity index (χ2n) is 4.14. The fourth-order valence-corrected chi connectivity index (χ4v) is 1.79. The molecule has 0 saturated heterocycles. The van der Waals surface area contributed by atoms with Crippen LogP contribution in [0.15, 0.2) is 18.5 Å². The van der Waals surface area contributed by atoms with Crippen molar-refractivity contribution < 1.29 is 22.6 Å². The zero-order chi connectivity index (χ0) is 15.0. The first-order valence-electron chi connectivity index (χ1n) is 6.31. The van der Waals surface area contributed by atoms with E-state index in [4.69, 9.17) is 9.47 Å². The predicted octanol–water partition coefficient (Wildman–Crippen LogP) is 2.41. The lowest BCUT2D eigenvalue weighted by Crippen LogP contribution is -2.28. The Hall–Kier alpha value is -1.18. The highest BCUT2D eigenvalue weighted by molar-refractivity contribution is 5.29. The van der Waals surface area contributed by atoms with Crippen LogP contribution < -0.4 is 5.32 Å². The van der Waals surface area contributed by atoms with Crippen LogP contribution in [0.3, 0.4) is 0 Å². The Bertz CT molecular complexity index is 399. The van der Waals surface area contributed by atoms with Gasteiger partial charge in [-0.3, -0.25) is 4.98 Å². The first kappa shape index (κ1) is 16.9. The third kappa shape index (κ3) is 5.07. The zero-order valence-corrected chi connectivity index (χ0v) is 11.5. The summed E-state index contributed by atoms with van der Waals surface area (Å²) in [4.78, 5) is 3.79. The number of methoxy groups -OCH3 is 1. The fraction of sp³-hybridized carbons (Fsp3) is 0.615. The van der Waals surface area contributed by atoms with E-state index in [1.807, 2.05) is 6.92 Å². The van der Waals surface area contributed by atoms with E-state index < -0.39 is 17.8 Å². The van der Waals surface area contributed by atoms with E-state index >= 15 is 0 Å². The second-order valence-corrected chi connectivity index (χ2v) is 4.14. The van der Waals surface area contributed by atoms with E-state index in [1.165, 1.54) is 13.3 Å². The molecule has 0 bridgehead atoms. The molecule has 1 rings (SSSR count). The summed E-state index contributed by atoms with van der Waals surface area (Å²) in [6.45, 7) is 3.22. The van der Waals surface area contributed by atoms with Crippen LogP contribution in [0.4, 0.5) is 13.2 Å². The summed E-state index contributed by atoms with van der Waals surface area (Å²) in [5.41, 5.74) is -0.590. The van der Waals surface area contributed by atoms with Crippen molar-refractivity contribution >= 4 is 0 Å². The molecule has 114 valence electrons. The van der Waals surface area contributed by atoms with Gasteiger partial charge in [-0.1, -0.05) is 6.92 Å². The zero-order valence-electron chi connectivity index (χ0n) is 11.5. The number of nitrogens with zero attached hydrogens (tertiary/aromatic N) is 1. The summed E-state index contributed by atoms with van der Waals surface area (Å²) < 4.78 is 49.1. The number of ether oxygens (including phenoxy) is 2. The minimum absolute atomic E-state index is 0.0965. The van der Waals surface area contributed by atoms with E-state index in [0.717, 1.165) is 12.3 Å². The molecule has 1 N–H and O–H groups in total. The van der Waals surface area contributed by atoms with Gasteiger partial charge >= 0.3 is 6.18 Å². The number of hydrogen-bond donors (Lipinski definition) is 1. The summed E-state index contributed by atoms with van der Waals surface area (Å²) in [7, 11) is 1.54. The molecule has 1 aromatic heterocycles. The molecule has 1 atom stereocenters. The van der Waals surface area contributed by atoms with Crippen LogP contribution in [0.1, 0.15) is 24.1 Å². The number of pyridine rings is 1. The smallest absolute Gasteiger partial charge is 0.382 e. The van der Waals surface area contributed by atoms with Gasteiger partial charge in [-0.25, -0.2) is 0 Å². The molecule has 4 nitrogen and oxygen atoms in total. The van der Waals surface area contributed by atoms with E-state index in [0.29, 0.717) is 19.8 Å². The summed E-state index contributed by atoms with van der Waals surface area (Å²) >= 11 is 0. The Morgan fingerprint density at radius 2 is 2.10 bits per heavy atom. The highest BCUT2D eigenvalue weighted by atomic mass is 19.4. The third-order valence-electron chi connectivity index (χ3n) is 2.70. The lowest BCUT2D eigenvalue weighted by atomic mass is 10.0. The molecule has 0 amide bonds. The number of nitrogens with one attached hydrogen (secondary N) is 1. The molecular formula is C13H19F3N2O2. The summed E-state index contributed by atoms with van der Waals surface area (Å²) in [5.74, 6) is 0. The van der Waals surface area contributed by atoms with Gasteiger partial charge in [-0.05, 0) is 12.6 Å². The number of likely N-dealkylation sites (N-methyl/N-ethyl adjacent to an activating group) is 1. The van der Waals surface area contributed by atoms with Crippen LogP contribution in [0.5, 0.6) is 0 Å². The monoisotopic (exact) mass is 292 g/mol. The molecule has 0 fully saturated rings. The van der Waals surface area contributed by atoms with Crippen LogP contribution in [-0.2, 0) is 15.7 Å². The number of alkyl halides is 3. The van der Waals surface area contributed by atoms with Crippen LogP contribution >= 0.6 is 0 Å². The largest absolute Gasteiger partial charge is 0.416 e. The SMILES string of the molecule is CCNC(COCCOC)c1cnccc1C(F)(F)F. The molecule has 20 heavy (non-hydrogen) atoms. The van der Waals surface area contributed by atoms with E-state index in [9.17, 15) is 13.2 Å². The number of hydrogen-bond acceptors (Lipinski definition) is 4. The van der Waals surface area contributed by atoms with Gasteiger partial charge in [0, 0.05) is 25.1 Å². The van der Waals surface area contributed by atoms with Crippen LogP contribution in [0, 0.1) is 0 Å². The van der Waals surface area contributed by atoms with Gasteiger partial charge in [-0.2, -0.15) is 13.2 Å². The lowest BCUT2D eigenvalue weighted by Gasteiger charge is -2.22. The van der Waals surface area contributed by atoms with Crippen molar-refractivity contribution in [3.05, 3.63) is 29.6 Å². The quantitative estimate of drug-likeness (QED) is 0.747. The van der Waals surface area contributed by atoms with Crippen LogP contribution in [-0.4, -0.2) is 38.5 Å². The summed E-state index contributed by atoms with van der Waals surface area (Å²) in [6.07, 6.45) is -2.03. The third-order valence-corrected chi connectivity index (χ3v) is 2.70. The van der Waals surface area contributed by atoms with Gasteiger partial charge in [0.15, 0.2) is 0 Å². The van der Waals surface area contributed by atoms with Crippen molar-refractivity contribution in [1.82, 2.24) is 10.3 Å². The molecule has 0 aliphatic rings. The fourth-order valence-electron chi connectivity index (χ4n) is 1.79. The predicted molar refractivity (Wildman–Crippen MR) is 68.4 cm³/mol. The van der Waals surface area contributed by atoms with E-state index in [2.05, 4.69) is 10.3 Å². The van der Waals surface area contributed by atoms with Crippen molar-refractivity contribution in [2.45, 2.75) is 19.1 Å². The minimum atomic E-state index is -4.40. The Kier molecular flexibility index (Phi) is 6.90. The van der Waals surface area contributed by atoms with E-state index in [1.54, 1.807) is 0 Å². The van der Waals surface area contributed by atoms with Crippen LogP contribution in [0.2, 0.25) is 0 Å². The summed E-state index contributed by atoms with van der Waals surface area (Å²) in [6, 6.07) is 0.427. The molecule has 0 aromatic carbocycles. The van der Waals surface area contributed by atoms with Crippen molar-refractivity contribution in [2.75, 3.05) is 33.5 Å². The second kappa shape index (κ2) is 8.18. The van der Waals surface area contributed by atoms with Gasteiger partial charge in [0.25, 0.3) is 0 Å². The van der Waals surface area contributed by atoms with Crippen LogP contribution in [0.25, 0.3) is 0 Å². The van der Waals surface area contributed by atoms with Crippen molar-refractivity contribution in [3.8, 4) is 0 Å². The number of aromatic nitrogens is 1. The van der Waals surface area contributed by atoms with Crippen molar-refractivity contribution in [1.29, 1.82) is 0 Å². The maximum absolute atomic E-state index is 13.0. The first-order chi connectivity index (χ1) is 9.50. The maximum atomic E-state index is 13.0. The number of rotatable bonds is 8. The molecule has 1 aromatic rings. The molecule has 1 unspecified atom stereocenters. The maximum Gasteiger partial charge on any atom is 0.416 e. The van der Waals surface area contributed by atoms with Gasteiger partial charge in [0.05, 0.1) is 31.4 Å². The molecule has 7 heteroatoms. The summed E-state index contributed by atoms with van der Waals surface area (Å²) in [5, 5.41) is 2.98. The number of halogens is 3. The van der Waals surface area contributed by atoms with Gasteiger partial charge in [-0.15, -0.1) is 0 Å². The average Bonchev–Trinajstić information content (AvgIpc) is 2.41. The molecular weight excluding hydrogens is 273 g/mol. The van der Waals surface area contributed by atoms with Gasteiger partial charge in [0.1, 0.15) is 0 Å². The van der Waals surface area contributed by atoms with Gasteiger partial charge in [0.2, 0.25) is 0 Å². The minimum Gasteiger partial charge on any atom is -0.382 e. The van der Waals surface area contributed by atoms with E-state index in [-0.39, 0.29) is 12.2 Å². The Balaban J connectivity index is 2.85.